The summed E-state index contributed by atoms with van der Waals surface area (Å²) in [7, 11) is 0. The van der Waals surface area contributed by atoms with E-state index >= 15 is 0 Å². The molecule has 4 rings (SSSR count). The van der Waals surface area contributed by atoms with Gasteiger partial charge in [-0.1, -0.05) is 55.2 Å². The molecule has 0 aliphatic heterocycles. The number of ether oxygens (including phenoxy) is 1. The number of rotatable bonds is 8. The first kappa shape index (κ1) is 24.9. The second-order valence-electron chi connectivity index (χ2n) is 8.67. The van der Waals surface area contributed by atoms with Crippen LogP contribution < -0.4 is 10.1 Å². The van der Waals surface area contributed by atoms with Crippen molar-refractivity contribution in [1.29, 1.82) is 0 Å². The SMILES string of the molecule is Cc1nn(Cc2ccc(Cl)cc2Cl)c(C)c1NC(=O)c1ccc(COc2ccc(C(C)C)cc2)o1. The number of furan rings is 1. The zero-order valence-electron chi connectivity index (χ0n) is 20.1. The molecular formula is C27H27Cl2N3O3. The Labute approximate surface area is 214 Å². The third kappa shape index (κ3) is 5.89. The molecule has 1 N–H and O–H groups in total. The Morgan fingerprint density at radius 3 is 2.51 bits per heavy atom. The second kappa shape index (κ2) is 10.6. The van der Waals surface area contributed by atoms with Crippen LogP contribution in [-0.4, -0.2) is 15.7 Å². The van der Waals surface area contributed by atoms with Gasteiger partial charge in [0.2, 0.25) is 0 Å². The minimum atomic E-state index is -0.354. The quantitative estimate of drug-likeness (QED) is 0.267. The lowest BCUT2D eigenvalue weighted by Crippen LogP contribution is -2.12. The van der Waals surface area contributed by atoms with Gasteiger partial charge in [0, 0.05) is 10.0 Å². The molecule has 0 aliphatic rings. The lowest BCUT2D eigenvalue weighted by Gasteiger charge is -2.08. The van der Waals surface area contributed by atoms with Gasteiger partial charge in [0.25, 0.3) is 5.91 Å². The van der Waals surface area contributed by atoms with E-state index in [4.69, 9.17) is 32.4 Å². The van der Waals surface area contributed by atoms with E-state index in [1.54, 1.807) is 28.9 Å². The number of carbonyl (C=O) groups excluding carboxylic acids is 1. The Balaban J connectivity index is 1.40. The van der Waals surface area contributed by atoms with Gasteiger partial charge in [-0.15, -0.1) is 0 Å². The zero-order valence-corrected chi connectivity index (χ0v) is 21.6. The van der Waals surface area contributed by atoms with E-state index in [0.29, 0.717) is 39.6 Å². The lowest BCUT2D eigenvalue weighted by molar-refractivity contribution is 0.0992. The molecule has 6 nitrogen and oxygen atoms in total. The van der Waals surface area contributed by atoms with Crippen molar-refractivity contribution in [3.8, 4) is 5.75 Å². The number of carbonyl (C=O) groups is 1. The third-order valence-corrected chi connectivity index (χ3v) is 6.36. The Morgan fingerprint density at radius 2 is 1.83 bits per heavy atom. The van der Waals surface area contributed by atoms with E-state index in [2.05, 4.69) is 24.3 Å². The maximum atomic E-state index is 12.8. The first-order valence-corrected chi connectivity index (χ1v) is 12.1. The van der Waals surface area contributed by atoms with E-state index in [1.165, 1.54) is 5.56 Å². The largest absolute Gasteiger partial charge is 0.486 e. The average Bonchev–Trinajstić information content (AvgIpc) is 3.40. The van der Waals surface area contributed by atoms with Crippen LogP contribution in [0.25, 0.3) is 0 Å². The number of nitrogens with one attached hydrogen (secondary N) is 1. The number of halogens is 2. The number of anilines is 1. The lowest BCUT2D eigenvalue weighted by atomic mass is 10.0. The fraction of sp³-hybridized carbons (Fsp3) is 0.259. The van der Waals surface area contributed by atoms with E-state index in [1.807, 2.05) is 44.2 Å². The summed E-state index contributed by atoms with van der Waals surface area (Å²) in [6.45, 7) is 8.72. The summed E-state index contributed by atoms with van der Waals surface area (Å²) in [5, 5.41) is 8.62. The predicted molar refractivity (Wildman–Crippen MR) is 139 cm³/mol. The van der Waals surface area contributed by atoms with Gasteiger partial charge in [-0.3, -0.25) is 9.48 Å². The smallest absolute Gasteiger partial charge is 0.291 e. The Morgan fingerprint density at radius 1 is 1.09 bits per heavy atom. The van der Waals surface area contributed by atoms with Crippen LogP contribution in [0.15, 0.2) is 59.0 Å². The van der Waals surface area contributed by atoms with Crippen LogP contribution in [0.4, 0.5) is 5.69 Å². The monoisotopic (exact) mass is 511 g/mol. The van der Waals surface area contributed by atoms with Crippen molar-refractivity contribution in [3.63, 3.8) is 0 Å². The molecule has 2 aromatic heterocycles. The summed E-state index contributed by atoms with van der Waals surface area (Å²) in [5.74, 6) is 1.62. The summed E-state index contributed by atoms with van der Waals surface area (Å²) in [6, 6.07) is 16.7. The van der Waals surface area contributed by atoms with Crippen LogP contribution in [0, 0.1) is 13.8 Å². The maximum absolute atomic E-state index is 12.8. The van der Waals surface area contributed by atoms with Crippen molar-refractivity contribution in [2.24, 2.45) is 0 Å². The first-order chi connectivity index (χ1) is 16.7. The summed E-state index contributed by atoms with van der Waals surface area (Å²) in [6.07, 6.45) is 0. The first-order valence-electron chi connectivity index (χ1n) is 11.3. The van der Waals surface area contributed by atoms with Crippen LogP contribution in [0.1, 0.15) is 58.6 Å². The molecule has 8 heteroatoms. The summed E-state index contributed by atoms with van der Waals surface area (Å²) in [5.41, 5.74) is 4.27. The van der Waals surface area contributed by atoms with Crippen LogP contribution >= 0.6 is 23.2 Å². The molecule has 0 fully saturated rings. The van der Waals surface area contributed by atoms with E-state index < -0.39 is 0 Å². The van der Waals surface area contributed by atoms with E-state index in [9.17, 15) is 4.79 Å². The van der Waals surface area contributed by atoms with Crippen molar-refractivity contribution >= 4 is 34.8 Å². The van der Waals surface area contributed by atoms with Crippen LogP contribution in [0.5, 0.6) is 5.75 Å². The minimum absolute atomic E-state index is 0.200. The molecule has 0 aliphatic carbocycles. The van der Waals surface area contributed by atoms with E-state index in [0.717, 1.165) is 17.0 Å². The Hall–Kier alpha value is -3.22. The van der Waals surface area contributed by atoms with Crippen molar-refractivity contribution in [2.45, 2.75) is 46.8 Å². The molecule has 2 aromatic carbocycles. The van der Waals surface area contributed by atoms with Crippen molar-refractivity contribution in [2.75, 3.05) is 5.32 Å². The molecular weight excluding hydrogens is 485 g/mol. The second-order valence-corrected chi connectivity index (χ2v) is 9.52. The topological polar surface area (TPSA) is 69.3 Å². The van der Waals surface area contributed by atoms with Gasteiger partial charge < -0.3 is 14.5 Å². The molecule has 0 unspecified atom stereocenters. The fourth-order valence-electron chi connectivity index (χ4n) is 3.70. The number of nitrogens with zero attached hydrogens (tertiary/aromatic N) is 2. The molecule has 4 aromatic rings. The Kier molecular flexibility index (Phi) is 7.53. The molecule has 0 spiro atoms. The molecule has 182 valence electrons. The predicted octanol–water partition coefficient (Wildman–Crippen LogP) is 7.40. The molecule has 0 atom stereocenters. The summed E-state index contributed by atoms with van der Waals surface area (Å²) < 4.78 is 13.3. The highest BCUT2D eigenvalue weighted by Gasteiger charge is 2.18. The molecule has 2 heterocycles. The van der Waals surface area contributed by atoms with Gasteiger partial charge >= 0.3 is 0 Å². The highest BCUT2D eigenvalue weighted by atomic mass is 35.5. The number of aryl methyl sites for hydroxylation is 1. The van der Waals surface area contributed by atoms with Gasteiger partial charge in [-0.05, 0) is 67.3 Å². The fourth-order valence-corrected chi connectivity index (χ4v) is 4.17. The summed E-state index contributed by atoms with van der Waals surface area (Å²) >= 11 is 12.3. The van der Waals surface area contributed by atoms with Gasteiger partial charge in [-0.2, -0.15) is 5.10 Å². The third-order valence-electron chi connectivity index (χ3n) is 5.77. The average molecular weight is 512 g/mol. The highest BCUT2D eigenvalue weighted by Crippen LogP contribution is 2.26. The molecule has 0 radical (unpaired) electrons. The van der Waals surface area contributed by atoms with Crippen molar-refractivity contribution in [3.05, 3.63) is 98.7 Å². The number of aromatic nitrogens is 2. The van der Waals surface area contributed by atoms with Crippen molar-refractivity contribution < 1.29 is 13.9 Å². The molecule has 1 amide bonds. The molecule has 0 saturated carbocycles. The number of benzene rings is 2. The van der Waals surface area contributed by atoms with Crippen LogP contribution in [0.3, 0.4) is 0 Å². The maximum Gasteiger partial charge on any atom is 0.291 e. The van der Waals surface area contributed by atoms with Crippen LogP contribution in [-0.2, 0) is 13.2 Å². The number of hydrogen-bond acceptors (Lipinski definition) is 4. The molecule has 35 heavy (non-hydrogen) atoms. The van der Waals surface area contributed by atoms with Crippen LogP contribution in [0.2, 0.25) is 10.0 Å². The standard InChI is InChI=1S/C27H27Cl2N3O3/c1-16(2)19-6-9-22(10-7-19)34-15-23-11-12-25(35-23)27(33)30-26-17(3)31-32(18(26)4)14-20-5-8-21(28)13-24(20)29/h5-13,16H,14-15H2,1-4H3,(H,30,33). The van der Waals surface area contributed by atoms with E-state index in [-0.39, 0.29) is 18.3 Å². The molecule has 0 bridgehead atoms. The number of hydrogen-bond donors (Lipinski definition) is 1. The number of amides is 1. The van der Waals surface area contributed by atoms with Crippen molar-refractivity contribution in [1.82, 2.24) is 9.78 Å². The Bertz CT molecular complexity index is 1340. The van der Waals surface area contributed by atoms with Gasteiger partial charge in [0.15, 0.2) is 5.76 Å². The zero-order chi connectivity index (χ0) is 25.1. The van der Waals surface area contributed by atoms with Gasteiger partial charge in [-0.25, -0.2) is 0 Å². The highest BCUT2D eigenvalue weighted by molar-refractivity contribution is 6.35. The minimum Gasteiger partial charge on any atom is -0.486 e. The molecule has 0 saturated heterocycles. The van der Waals surface area contributed by atoms with Gasteiger partial charge in [0.05, 0.1) is 23.6 Å². The normalized spacial score (nSPS) is 11.2. The summed E-state index contributed by atoms with van der Waals surface area (Å²) in [4.78, 5) is 12.8. The van der Waals surface area contributed by atoms with Gasteiger partial charge in [0.1, 0.15) is 18.1 Å².